The maximum Gasteiger partial charge on any atom is 0.473 e. The number of piperidine rings is 1. The normalized spacial score (nSPS) is 18.0. The number of rotatable bonds is 2. The van der Waals surface area contributed by atoms with Gasteiger partial charge in [-0.15, -0.1) is 0 Å². The van der Waals surface area contributed by atoms with Crippen molar-refractivity contribution < 1.29 is 22.7 Å². The third-order valence-electron chi connectivity index (χ3n) is 5.46. The zero-order valence-electron chi connectivity index (χ0n) is 15.2. The number of nitrogens with zero attached hydrogens (tertiary/aromatic N) is 3. The topological polar surface area (TPSA) is 71.7 Å². The predicted octanol–water partition coefficient (Wildman–Crippen LogP) is 3.53. The fourth-order valence-electron chi connectivity index (χ4n) is 3.97. The number of alkyl halides is 3. The minimum atomic E-state index is -5.12. The third-order valence-corrected chi connectivity index (χ3v) is 5.83. The average molecular weight is 427 g/mol. The van der Waals surface area contributed by atoms with Crippen molar-refractivity contribution in [3.05, 3.63) is 52.7 Å². The number of pyridine rings is 1. The summed E-state index contributed by atoms with van der Waals surface area (Å²) in [7, 11) is 0. The Morgan fingerprint density at radius 2 is 1.93 bits per heavy atom. The molecule has 4 rings (SSSR count). The van der Waals surface area contributed by atoms with Gasteiger partial charge in [-0.25, -0.2) is 15.8 Å². The van der Waals surface area contributed by atoms with E-state index in [0.717, 1.165) is 0 Å². The number of fused-ring (bicyclic) bond motifs is 2. The van der Waals surface area contributed by atoms with Gasteiger partial charge in [-0.2, -0.15) is 13.2 Å². The zero-order chi connectivity index (χ0) is 20.8. The molecule has 0 atom stereocenters. The van der Waals surface area contributed by atoms with Crippen LogP contribution in [0, 0.1) is 0 Å². The zero-order valence-corrected chi connectivity index (χ0v) is 16.0. The van der Waals surface area contributed by atoms with Gasteiger partial charge in [0.2, 0.25) is 0 Å². The number of anilines is 2. The largest absolute Gasteiger partial charge is 0.473 e. The summed E-state index contributed by atoms with van der Waals surface area (Å²) in [4.78, 5) is 17.1. The maximum atomic E-state index is 12.7. The number of nitrogens with two attached hydrogens (primary N) is 1. The summed E-state index contributed by atoms with van der Waals surface area (Å²) in [5, 5.41) is -0.163. The van der Waals surface area contributed by atoms with E-state index in [1.807, 2.05) is 17.0 Å². The molecular formula is C19H18ClF3N4O2. The van der Waals surface area contributed by atoms with Gasteiger partial charge < -0.3 is 9.64 Å². The van der Waals surface area contributed by atoms with Crippen LogP contribution in [0.15, 0.2) is 36.5 Å². The molecule has 2 aliphatic heterocycles. The molecule has 0 saturated carbocycles. The number of hydrogen-bond acceptors (Lipinski definition) is 5. The quantitative estimate of drug-likeness (QED) is 0.452. The lowest BCUT2D eigenvalue weighted by Crippen LogP contribution is -2.47. The van der Waals surface area contributed by atoms with Crippen molar-refractivity contribution in [3.8, 4) is 0 Å². The first-order chi connectivity index (χ1) is 13.7. The fraction of sp³-hybridized carbons (Fsp3) is 0.368. The van der Waals surface area contributed by atoms with Gasteiger partial charge in [0.25, 0.3) is 0 Å². The second-order valence-electron chi connectivity index (χ2n) is 7.07. The Kier molecular flexibility index (Phi) is 4.92. The highest BCUT2D eigenvalue weighted by molar-refractivity contribution is 6.36. The number of benzene rings is 1. The predicted molar refractivity (Wildman–Crippen MR) is 101 cm³/mol. The van der Waals surface area contributed by atoms with E-state index in [1.165, 1.54) is 17.3 Å². The molecule has 0 aliphatic carbocycles. The summed E-state index contributed by atoms with van der Waals surface area (Å²) in [5.74, 6) is 2.68. The Labute approximate surface area is 170 Å². The van der Waals surface area contributed by atoms with Crippen LogP contribution in [-0.2, 0) is 21.7 Å². The highest BCUT2D eigenvalue weighted by Crippen LogP contribution is 2.45. The highest BCUT2D eigenvalue weighted by Gasteiger charge is 2.44. The molecule has 3 heterocycles. The Balaban J connectivity index is 1.55. The number of hydrogen-bond donors (Lipinski definition) is 1. The summed E-state index contributed by atoms with van der Waals surface area (Å²) in [5.41, 5.74) is 2.48. The lowest BCUT2D eigenvalue weighted by Gasteiger charge is -2.40. The molecule has 1 aromatic carbocycles. The fourth-order valence-corrected chi connectivity index (χ4v) is 4.30. The van der Waals surface area contributed by atoms with Gasteiger partial charge in [-0.1, -0.05) is 35.9 Å². The molecule has 1 spiro atoms. The monoisotopic (exact) mass is 426 g/mol. The van der Waals surface area contributed by atoms with Crippen molar-refractivity contribution in [1.82, 2.24) is 4.98 Å². The molecule has 1 saturated heterocycles. The van der Waals surface area contributed by atoms with E-state index in [2.05, 4.69) is 17.1 Å². The Hall–Kier alpha value is -2.36. The van der Waals surface area contributed by atoms with Gasteiger partial charge in [-0.05, 0) is 30.0 Å². The number of carbonyl (C=O) groups is 1. The van der Waals surface area contributed by atoms with Crippen LogP contribution in [0.4, 0.5) is 24.7 Å². The van der Waals surface area contributed by atoms with Crippen molar-refractivity contribution in [1.29, 1.82) is 0 Å². The number of carbonyl (C=O) groups excluding carboxylic acids is 1. The van der Waals surface area contributed by atoms with Crippen LogP contribution in [0.25, 0.3) is 0 Å². The van der Waals surface area contributed by atoms with Gasteiger partial charge in [0.05, 0.1) is 17.9 Å². The van der Waals surface area contributed by atoms with Crippen molar-refractivity contribution in [3.63, 3.8) is 0 Å². The van der Waals surface area contributed by atoms with Gasteiger partial charge in [0, 0.05) is 19.3 Å². The van der Waals surface area contributed by atoms with Gasteiger partial charge >= 0.3 is 12.1 Å². The SMILES string of the molecule is NN(C(=O)C(F)(F)F)c1nccc(N2CCC3(CC2)OCc2ccccc23)c1Cl. The van der Waals surface area contributed by atoms with Gasteiger partial charge in [0.1, 0.15) is 5.02 Å². The maximum absolute atomic E-state index is 12.7. The minimum Gasteiger partial charge on any atom is -0.370 e. The van der Waals surface area contributed by atoms with Crippen LogP contribution in [0.2, 0.25) is 5.02 Å². The summed E-state index contributed by atoms with van der Waals surface area (Å²) in [6.07, 6.45) is -2.44. The van der Waals surface area contributed by atoms with Gasteiger partial charge in [0.15, 0.2) is 5.82 Å². The van der Waals surface area contributed by atoms with Crippen LogP contribution >= 0.6 is 11.6 Å². The molecule has 2 aromatic rings. The third kappa shape index (κ3) is 3.43. The van der Waals surface area contributed by atoms with Crippen molar-refractivity contribution in [2.24, 2.45) is 5.84 Å². The Morgan fingerprint density at radius 3 is 2.62 bits per heavy atom. The molecule has 2 N–H and O–H groups in total. The van der Waals surface area contributed by atoms with Crippen molar-refractivity contribution in [2.75, 3.05) is 23.0 Å². The van der Waals surface area contributed by atoms with Crippen LogP contribution in [-0.4, -0.2) is 30.2 Å². The summed E-state index contributed by atoms with van der Waals surface area (Å²) in [6.45, 7) is 1.72. The smallest absolute Gasteiger partial charge is 0.370 e. The average Bonchev–Trinajstić information content (AvgIpc) is 3.06. The molecule has 0 bridgehead atoms. The van der Waals surface area contributed by atoms with Crippen LogP contribution < -0.4 is 15.8 Å². The van der Waals surface area contributed by atoms with E-state index >= 15 is 0 Å². The Bertz CT molecular complexity index is 945. The second kappa shape index (κ2) is 7.16. The molecule has 10 heteroatoms. The van der Waals surface area contributed by atoms with Crippen LogP contribution in [0.3, 0.4) is 0 Å². The number of aromatic nitrogens is 1. The molecule has 1 amide bonds. The van der Waals surface area contributed by atoms with E-state index in [1.54, 1.807) is 6.07 Å². The van der Waals surface area contributed by atoms with Crippen LogP contribution in [0.1, 0.15) is 24.0 Å². The number of amides is 1. The molecule has 0 radical (unpaired) electrons. The number of ether oxygens (including phenoxy) is 1. The van der Waals surface area contributed by atoms with Crippen molar-refractivity contribution >= 4 is 29.0 Å². The Morgan fingerprint density at radius 1 is 1.24 bits per heavy atom. The summed E-state index contributed by atoms with van der Waals surface area (Å²) >= 11 is 6.29. The van der Waals surface area contributed by atoms with E-state index < -0.39 is 17.9 Å². The molecular weight excluding hydrogens is 409 g/mol. The van der Waals surface area contributed by atoms with E-state index in [4.69, 9.17) is 22.2 Å². The summed E-state index contributed by atoms with van der Waals surface area (Å²) < 4.78 is 44.2. The van der Waals surface area contributed by atoms with Crippen LogP contribution in [0.5, 0.6) is 0 Å². The number of hydrazine groups is 1. The molecule has 29 heavy (non-hydrogen) atoms. The summed E-state index contributed by atoms with van der Waals surface area (Å²) in [6, 6.07) is 9.69. The molecule has 6 nitrogen and oxygen atoms in total. The van der Waals surface area contributed by atoms with Crippen molar-refractivity contribution in [2.45, 2.75) is 31.2 Å². The first-order valence-corrected chi connectivity index (χ1v) is 9.38. The van der Waals surface area contributed by atoms with Gasteiger partial charge in [-0.3, -0.25) is 4.79 Å². The molecule has 1 aromatic heterocycles. The molecule has 2 aliphatic rings. The highest BCUT2D eigenvalue weighted by atomic mass is 35.5. The van der Waals surface area contributed by atoms with E-state index in [0.29, 0.717) is 38.2 Å². The standard InChI is InChI=1S/C19H18ClF3N4O2/c20-15-14(5-8-25-16(15)27(24)17(28)19(21,22)23)26-9-6-18(7-10-26)13-4-2-1-3-12(13)11-29-18/h1-5,8H,6-7,9-11,24H2. The lowest BCUT2D eigenvalue weighted by molar-refractivity contribution is -0.170. The number of halogens is 4. The van der Waals surface area contributed by atoms with E-state index in [-0.39, 0.29) is 15.6 Å². The second-order valence-corrected chi connectivity index (χ2v) is 7.45. The first-order valence-electron chi connectivity index (χ1n) is 9.01. The molecule has 1 fully saturated rings. The molecule has 154 valence electrons. The molecule has 0 unspecified atom stereocenters. The lowest BCUT2D eigenvalue weighted by atomic mass is 9.83. The first kappa shape index (κ1) is 19.9. The van der Waals surface area contributed by atoms with E-state index in [9.17, 15) is 18.0 Å². The minimum absolute atomic E-state index is 0.0619.